The molecule has 0 radical (unpaired) electrons. The van der Waals surface area contributed by atoms with Crippen LogP contribution in [0.3, 0.4) is 0 Å². The van der Waals surface area contributed by atoms with E-state index < -0.39 is 0 Å². The summed E-state index contributed by atoms with van der Waals surface area (Å²) in [6, 6.07) is 4.01. The van der Waals surface area contributed by atoms with Gasteiger partial charge in [0.1, 0.15) is 5.82 Å². The molecular formula is C12H16N4O. The zero-order chi connectivity index (χ0) is 12.3. The van der Waals surface area contributed by atoms with Gasteiger partial charge < -0.3 is 15.0 Å². The summed E-state index contributed by atoms with van der Waals surface area (Å²) in [4.78, 5) is 8.25. The van der Waals surface area contributed by atoms with E-state index >= 15 is 0 Å². The Balaban J connectivity index is 2.40. The molecule has 0 aliphatic rings. The van der Waals surface area contributed by atoms with Crippen LogP contribution in [0.15, 0.2) is 30.9 Å². The molecule has 5 nitrogen and oxygen atoms in total. The maximum atomic E-state index is 5.87. The average molecular weight is 232 g/mol. The van der Waals surface area contributed by atoms with E-state index in [0.29, 0.717) is 12.4 Å². The molecule has 2 aromatic rings. The van der Waals surface area contributed by atoms with Crippen LogP contribution in [0.5, 0.6) is 0 Å². The van der Waals surface area contributed by atoms with E-state index in [-0.39, 0.29) is 6.04 Å². The minimum atomic E-state index is 0.206. The van der Waals surface area contributed by atoms with Crippen molar-refractivity contribution in [2.24, 2.45) is 0 Å². The summed E-state index contributed by atoms with van der Waals surface area (Å²) >= 11 is 0. The number of methoxy groups -OCH3 is 1. The predicted molar refractivity (Wildman–Crippen MR) is 66.5 cm³/mol. The molecule has 1 atom stereocenters. The highest BCUT2D eigenvalue weighted by atomic mass is 16.5. The van der Waals surface area contributed by atoms with E-state index in [4.69, 9.17) is 10.5 Å². The number of hydrogen-bond acceptors (Lipinski definition) is 4. The van der Waals surface area contributed by atoms with E-state index in [2.05, 4.69) is 16.9 Å². The summed E-state index contributed by atoms with van der Waals surface area (Å²) in [5.74, 6) is 0.513. The maximum Gasteiger partial charge on any atom is 0.132 e. The second-order valence-corrected chi connectivity index (χ2v) is 3.93. The van der Waals surface area contributed by atoms with Crippen LogP contribution in [0.25, 0.3) is 11.3 Å². The average Bonchev–Trinajstić information content (AvgIpc) is 2.79. The Bertz CT molecular complexity index is 495. The van der Waals surface area contributed by atoms with Gasteiger partial charge in [0.2, 0.25) is 0 Å². The molecule has 2 N–H and O–H groups in total. The molecule has 90 valence electrons. The fourth-order valence-electron chi connectivity index (χ4n) is 1.82. The first-order valence-electron chi connectivity index (χ1n) is 5.45. The fraction of sp³-hybridized carbons (Fsp3) is 0.333. The number of nitrogens with two attached hydrogens (primary N) is 1. The fourth-order valence-corrected chi connectivity index (χ4v) is 1.82. The Labute approximate surface area is 100 Å². The van der Waals surface area contributed by atoms with Gasteiger partial charge in [0.05, 0.1) is 30.9 Å². The number of ether oxygens (including phenoxy) is 1. The minimum absolute atomic E-state index is 0.206. The van der Waals surface area contributed by atoms with E-state index in [1.807, 2.05) is 16.7 Å². The number of imidazole rings is 1. The van der Waals surface area contributed by atoms with E-state index in [1.165, 1.54) is 0 Å². The Morgan fingerprint density at radius 3 is 3.06 bits per heavy atom. The molecule has 2 rings (SSSR count). The summed E-state index contributed by atoms with van der Waals surface area (Å²) in [5.41, 5.74) is 7.73. The lowest BCUT2D eigenvalue weighted by molar-refractivity contribution is 0.163. The summed E-state index contributed by atoms with van der Waals surface area (Å²) in [6.45, 7) is 2.70. The molecule has 0 spiro atoms. The van der Waals surface area contributed by atoms with Gasteiger partial charge in [-0.1, -0.05) is 0 Å². The van der Waals surface area contributed by atoms with Crippen LogP contribution in [0.4, 0.5) is 5.82 Å². The second kappa shape index (κ2) is 4.97. The van der Waals surface area contributed by atoms with Crippen molar-refractivity contribution in [3.63, 3.8) is 0 Å². The summed E-state index contributed by atoms with van der Waals surface area (Å²) in [6.07, 6.45) is 5.25. The quantitative estimate of drug-likeness (QED) is 0.871. The molecule has 2 heterocycles. The highest BCUT2D eigenvalue weighted by Crippen LogP contribution is 2.25. The topological polar surface area (TPSA) is 66.0 Å². The van der Waals surface area contributed by atoms with Crippen LogP contribution in [0.2, 0.25) is 0 Å². The molecule has 17 heavy (non-hydrogen) atoms. The van der Waals surface area contributed by atoms with Gasteiger partial charge in [0, 0.05) is 18.9 Å². The van der Waals surface area contributed by atoms with Crippen molar-refractivity contribution in [2.75, 3.05) is 19.5 Å². The molecule has 0 aliphatic heterocycles. The van der Waals surface area contributed by atoms with E-state index in [9.17, 15) is 0 Å². The molecule has 5 heteroatoms. The third-order valence-corrected chi connectivity index (χ3v) is 2.66. The molecule has 1 unspecified atom stereocenters. The van der Waals surface area contributed by atoms with Crippen molar-refractivity contribution < 1.29 is 4.74 Å². The van der Waals surface area contributed by atoms with Crippen LogP contribution in [0, 0.1) is 0 Å². The number of nitrogens with zero attached hydrogens (tertiary/aromatic N) is 3. The minimum Gasteiger partial charge on any atom is -0.383 e. The molecule has 0 saturated heterocycles. The number of pyridine rings is 1. The lowest BCUT2D eigenvalue weighted by Gasteiger charge is -2.16. The van der Waals surface area contributed by atoms with Crippen molar-refractivity contribution in [1.29, 1.82) is 0 Å². The summed E-state index contributed by atoms with van der Waals surface area (Å²) < 4.78 is 7.19. The van der Waals surface area contributed by atoms with Crippen molar-refractivity contribution >= 4 is 5.82 Å². The largest absolute Gasteiger partial charge is 0.383 e. The van der Waals surface area contributed by atoms with Gasteiger partial charge in [0.25, 0.3) is 0 Å². The standard InChI is InChI=1S/C12H16N4O/c1-9(7-17-2)16-8-14-6-11(16)10-4-3-5-15-12(10)13/h3-6,8-9H,7H2,1-2H3,(H2,13,15). The molecule has 0 amide bonds. The Kier molecular flexibility index (Phi) is 3.39. The SMILES string of the molecule is COCC(C)n1cncc1-c1cccnc1N. The molecule has 2 aromatic heterocycles. The molecule has 0 bridgehead atoms. The Morgan fingerprint density at radius 2 is 2.35 bits per heavy atom. The number of anilines is 1. The van der Waals surface area contributed by atoms with Crippen molar-refractivity contribution in [1.82, 2.24) is 14.5 Å². The third-order valence-electron chi connectivity index (χ3n) is 2.66. The first-order chi connectivity index (χ1) is 8.24. The van der Waals surface area contributed by atoms with E-state index in [0.717, 1.165) is 11.3 Å². The summed E-state index contributed by atoms with van der Waals surface area (Å²) in [5, 5.41) is 0. The zero-order valence-electron chi connectivity index (χ0n) is 10.00. The van der Waals surface area contributed by atoms with Crippen LogP contribution in [0.1, 0.15) is 13.0 Å². The van der Waals surface area contributed by atoms with Gasteiger partial charge in [0.15, 0.2) is 0 Å². The highest BCUT2D eigenvalue weighted by molar-refractivity contribution is 5.70. The van der Waals surface area contributed by atoms with Gasteiger partial charge in [-0.05, 0) is 19.1 Å². The lowest BCUT2D eigenvalue weighted by Crippen LogP contribution is -2.11. The Morgan fingerprint density at radius 1 is 1.53 bits per heavy atom. The number of nitrogen functional groups attached to an aromatic ring is 1. The molecule has 0 fully saturated rings. The van der Waals surface area contributed by atoms with Gasteiger partial charge in [-0.25, -0.2) is 9.97 Å². The lowest BCUT2D eigenvalue weighted by atomic mass is 10.2. The second-order valence-electron chi connectivity index (χ2n) is 3.93. The van der Waals surface area contributed by atoms with Gasteiger partial charge in [-0.3, -0.25) is 0 Å². The maximum absolute atomic E-state index is 5.87. The summed E-state index contributed by atoms with van der Waals surface area (Å²) in [7, 11) is 1.69. The van der Waals surface area contributed by atoms with Gasteiger partial charge in [-0.15, -0.1) is 0 Å². The normalized spacial score (nSPS) is 12.6. The van der Waals surface area contributed by atoms with Crippen molar-refractivity contribution in [3.05, 3.63) is 30.9 Å². The van der Waals surface area contributed by atoms with Crippen LogP contribution < -0.4 is 5.73 Å². The van der Waals surface area contributed by atoms with Crippen LogP contribution in [-0.2, 0) is 4.74 Å². The van der Waals surface area contributed by atoms with Crippen molar-refractivity contribution in [2.45, 2.75) is 13.0 Å². The Hall–Kier alpha value is -1.88. The van der Waals surface area contributed by atoms with Gasteiger partial charge >= 0.3 is 0 Å². The smallest absolute Gasteiger partial charge is 0.132 e. The molecule has 0 aliphatic carbocycles. The number of aromatic nitrogens is 3. The highest BCUT2D eigenvalue weighted by Gasteiger charge is 2.13. The number of rotatable bonds is 4. The number of hydrogen-bond donors (Lipinski definition) is 1. The predicted octanol–water partition coefficient (Wildman–Crippen LogP) is 1.73. The van der Waals surface area contributed by atoms with E-state index in [1.54, 1.807) is 25.8 Å². The van der Waals surface area contributed by atoms with Crippen molar-refractivity contribution in [3.8, 4) is 11.3 Å². The first kappa shape index (κ1) is 11.6. The zero-order valence-corrected chi connectivity index (χ0v) is 10.00. The monoisotopic (exact) mass is 232 g/mol. The first-order valence-corrected chi connectivity index (χ1v) is 5.45. The molecule has 0 aromatic carbocycles. The van der Waals surface area contributed by atoms with Crippen LogP contribution >= 0.6 is 0 Å². The van der Waals surface area contributed by atoms with Gasteiger partial charge in [-0.2, -0.15) is 0 Å². The van der Waals surface area contributed by atoms with Crippen LogP contribution in [-0.4, -0.2) is 28.3 Å². The third kappa shape index (κ3) is 2.29. The molecule has 0 saturated carbocycles. The molecular weight excluding hydrogens is 216 g/mol.